The lowest BCUT2D eigenvalue weighted by atomic mass is 10.0. The molecule has 0 saturated heterocycles. The first-order chi connectivity index (χ1) is 10.5. The zero-order valence-corrected chi connectivity index (χ0v) is 11.0. The molecular weight excluding hydrogens is 413 g/mol. The van der Waals surface area contributed by atoms with E-state index >= 15 is 0 Å². The molecule has 0 aliphatic rings. The Kier molecular flexibility index (Phi) is 5.68. The highest BCUT2D eigenvalue weighted by Crippen LogP contribution is 2.58. The minimum atomic E-state index is -7.97. The maximum atomic E-state index is 13.3. The quantitative estimate of drug-likeness (QED) is 0.594. The van der Waals surface area contributed by atoms with Crippen LogP contribution in [0.15, 0.2) is 0 Å². The summed E-state index contributed by atoms with van der Waals surface area (Å²) in [6.07, 6.45) is -37.3. The highest BCUT2D eigenvalue weighted by atomic mass is 19.4. The van der Waals surface area contributed by atoms with Crippen LogP contribution in [-0.4, -0.2) is 49.4 Å². The molecule has 0 radical (unpaired) electrons. The zero-order chi connectivity index (χ0) is 20.9. The number of halogens is 15. The van der Waals surface area contributed by atoms with E-state index in [1.807, 2.05) is 0 Å². The van der Waals surface area contributed by atoms with Gasteiger partial charge in [0.2, 0.25) is 0 Å². The Morgan fingerprint density at radius 2 is 0.800 bits per heavy atom. The predicted molar refractivity (Wildman–Crippen MR) is 43.8 cm³/mol. The van der Waals surface area contributed by atoms with Gasteiger partial charge in [0.05, 0.1) is 0 Å². The van der Waals surface area contributed by atoms with Crippen LogP contribution >= 0.6 is 0 Å². The second kappa shape index (κ2) is 5.95. The van der Waals surface area contributed by atoms with Gasteiger partial charge in [-0.15, -0.1) is 0 Å². The van der Waals surface area contributed by atoms with Crippen LogP contribution in [0.2, 0.25) is 0 Å². The summed E-state index contributed by atoms with van der Waals surface area (Å²) in [5.41, 5.74) is -7.97. The predicted octanol–water partition coefficient (Wildman–Crippen LogP) is 4.90. The molecule has 0 spiro atoms. The summed E-state index contributed by atoms with van der Waals surface area (Å²) >= 11 is 0. The van der Waals surface area contributed by atoms with Crippen LogP contribution in [0, 0.1) is 0 Å². The van der Waals surface area contributed by atoms with Crippen molar-refractivity contribution in [1.29, 1.82) is 0 Å². The lowest BCUT2D eigenvalue weighted by molar-refractivity contribution is -0.536. The van der Waals surface area contributed by atoms with Crippen molar-refractivity contribution in [2.75, 3.05) is 7.11 Å². The monoisotopic (exact) mass is 416 g/mol. The van der Waals surface area contributed by atoms with E-state index in [1.54, 1.807) is 0 Å². The molecule has 0 aliphatic heterocycles. The van der Waals surface area contributed by atoms with Crippen LogP contribution in [-0.2, 0) is 9.47 Å². The Hall–Kier alpha value is -1.13. The summed E-state index contributed by atoms with van der Waals surface area (Å²) in [5.74, 6) is -7.29. The summed E-state index contributed by atoms with van der Waals surface area (Å²) in [4.78, 5) is 0. The van der Waals surface area contributed by atoms with E-state index in [0.29, 0.717) is 0 Å². The van der Waals surface area contributed by atoms with Crippen molar-refractivity contribution in [1.82, 2.24) is 0 Å². The number of ether oxygens (including phenoxy) is 2. The summed E-state index contributed by atoms with van der Waals surface area (Å²) < 4.78 is 191. The molecule has 1 atom stereocenters. The van der Waals surface area contributed by atoms with Crippen LogP contribution in [0.25, 0.3) is 0 Å². The van der Waals surface area contributed by atoms with E-state index in [9.17, 15) is 65.9 Å². The van der Waals surface area contributed by atoms with Crippen LogP contribution in [0.3, 0.4) is 0 Å². The van der Waals surface area contributed by atoms with Gasteiger partial charge in [-0.3, -0.25) is 4.74 Å². The standard InChI is InChI=1S/C8H3F15O2/c1-24-8(22,23)3(10,6(17,18)19)25-7(20,21)2(9,4(11,12)13)5(14,15)16/h1H3. The molecule has 0 fully saturated rings. The van der Waals surface area contributed by atoms with Gasteiger partial charge >= 0.3 is 42.3 Å². The van der Waals surface area contributed by atoms with Gasteiger partial charge in [0.15, 0.2) is 0 Å². The molecule has 0 bridgehead atoms. The van der Waals surface area contributed by atoms with E-state index in [-0.39, 0.29) is 0 Å². The van der Waals surface area contributed by atoms with Gasteiger partial charge in [-0.2, -0.15) is 61.5 Å². The van der Waals surface area contributed by atoms with E-state index in [4.69, 9.17) is 0 Å². The van der Waals surface area contributed by atoms with E-state index in [0.717, 1.165) is 0 Å². The van der Waals surface area contributed by atoms with Crippen molar-refractivity contribution in [3.05, 3.63) is 0 Å². The molecule has 0 rings (SSSR count). The fraction of sp³-hybridized carbons (Fsp3) is 1.00. The number of hydrogen-bond acceptors (Lipinski definition) is 2. The van der Waals surface area contributed by atoms with Crippen molar-refractivity contribution in [2.24, 2.45) is 0 Å². The minimum absolute atomic E-state index is 0.488. The lowest BCUT2D eigenvalue weighted by Crippen LogP contribution is -2.70. The summed E-state index contributed by atoms with van der Waals surface area (Å²) in [6.45, 7) is 0. The second-order valence-electron chi connectivity index (χ2n) is 4.09. The Bertz CT molecular complexity index is 459. The third kappa shape index (κ3) is 3.56. The third-order valence-electron chi connectivity index (χ3n) is 2.45. The molecule has 0 N–H and O–H groups in total. The summed E-state index contributed by atoms with van der Waals surface area (Å²) in [6, 6.07) is 0. The van der Waals surface area contributed by atoms with Crippen LogP contribution < -0.4 is 0 Å². The molecule has 0 saturated carbocycles. The first kappa shape index (κ1) is 23.9. The topological polar surface area (TPSA) is 18.5 Å². The van der Waals surface area contributed by atoms with Crippen LogP contribution in [0.4, 0.5) is 65.9 Å². The molecule has 25 heavy (non-hydrogen) atoms. The molecular formula is C8H3F15O2. The van der Waals surface area contributed by atoms with Crippen LogP contribution in [0.1, 0.15) is 0 Å². The Morgan fingerprint density at radius 1 is 0.480 bits per heavy atom. The molecule has 0 aliphatic carbocycles. The number of methoxy groups -OCH3 is 1. The molecule has 0 amide bonds. The highest BCUT2D eigenvalue weighted by molar-refractivity contribution is 5.03. The molecule has 17 heteroatoms. The van der Waals surface area contributed by atoms with E-state index in [2.05, 4.69) is 4.74 Å². The van der Waals surface area contributed by atoms with Crippen molar-refractivity contribution in [2.45, 2.75) is 42.3 Å². The smallest absolute Gasteiger partial charge is 0.319 e. The first-order valence-electron chi connectivity index (χ1n) is 5.11. The van der Waals surface area contributed by atoms with Crippen molar-refractivity contribution in [3.63, 3.8) is 0 Å². The fourth-order valence-electron chi connectivity index (χ4n) is 1.15. The van der Waals surface area contributed by atoms with Crippen molar-refractivity contribution in [3.8, 4) is 0 Å². The van der Waals surface area contributed by atoms with Gasteiger partial charge in [-0.05, 0) is 0 Å². The van der Waals surface area contributed by atoms with Gasteiger partial charge < -0.3 is 4.74 Å². The second-order valence-corrected chi connectivity index (χ2v) is 4.09. The average Bonchev–Trinajstić information content (AvgIpc) is 2.32. The molecule has 2 nitrogen and oxygen atoms in total. The average molecular weight is 416 g/mol. The molecule has 0 aromatic heterocycles. The fourth-order valence-corrected chi connectivity index (χ4v) is 1.15. The number of rotatable bonds is 5. The molecule has 152 valence electrons. The largest absolute Gasteiger partial charge is 0.458 e. The number of hydrogen-bond donors (Lipinski definition) is 0. The van der Waals surface area contributed by atoms with Crippen molar-refractivity contribution >= 4 is 0 Å². The molecule has 0 aromatic carbocycles. The minimum Gasteiger partial charge on any atom is -0.319 e. The van der Waals surface area contributed by atoms with Gasteiger partial charge in [0.25, 0.3) is 0 Å². The summed E-state index contributed by atoms with van der Waals surface area (Å²) in [7, 11) is -0.488. The maximum absolute atomic E-state index is 13.3. The van der Waals surface area contributed by atoms with Gasteiger partial charge in [0, 0.05) is 7.11 Å². The third-order valence-corrected chi connectivity index (χ3v) is 2.45. The Balaban J connectivity index is 6.50. The molecule has 1 unspecified atom stereocenters. The first-order valence-corrected chi connectivity index (χ1v) is 5.11. The SMILES string of the molecule is COC(F)(F)C(F)(OC(F)(F)C(F)(C(F)(F)F)C(F)(F)F)C(F)(F)F. The highest BCUT2D eigenvalue weighted by Gasteiger charge is 2.89. The van der Waals surface area contributed by atoms with E-state index in [1.165, 1.54) is 4.74 Å². The zero-order valence-electron chi connectivity index (χ0n) is 11.0. The van der Waals surface area contributed by atoms with Gasteiger partial charge in [0.1, 0.15) is 0 Å². The normalized spacial score (nSPS) is 18.2. The van der Waals surface area contributed by atoms with Crippen molar-refractivity contribution < 1.29 is 75.3 Å². The Morgan fingerprint density at radius 3 is 1.00 bits per heavy atom. The molecule has 0 aromatic rings. The van der Waals surface area contributed by atoms with Crippen LogP contribution in [0.5, 0.6) is 0 Å². The Labute approximate surface area is 126 Å². The van der Waals surface area contributed by atoms with Gasteiger partial charge in [-0.25, -0.2) is 4.39 Å². The maximum Gasteiger partial charge on any atom is 0.458 e. The van der Waals surface area contributed by atoms with Gasteiger partial charge in [-0.1, -0.05) is 0 Å². The molecule has 0 heterocycles. The number of alkyl halides is 15. The summed E-state index contributed by atoms with van der Waals surface area (Å²) in [5, 5.41) is 0. The van der Waals surface area contributed by atoms with E-state index < -0.39 is 49.4 Å². The lowest BCUT2D eigenvalue weighted by Gasteiger charge is -2.40.